The molecule has 0 aromatic heterocycles. The smallest absolute Gasteiger partial charge is 0.319 e. The van der Waals surface area contributed by atoms with Gasteiger partial charge in [-0.25, -0.2) is 8.42 Å². The first kappa shape index (κ1) is 35.4. The number of benzene rings is 4. The first-order valence-electron chi connectivity index (χ1n) is 16.4. The van der Waals surface area contributed by atoms with Gasteiger partial charge in [-0.3, -0.25) is 14.4 Å². The van der Waals surface area contributed by atoms with Gasteiger partial charge >= 0.3 is 17.9 Å². The summed E-state index contributed by atoms with van der Waals surface area (Å²) in [5.74, 6) is -3.71. The highest BCUT2D eigenvalue weighted by Crippen LogP contribution is 2.62. The molecule has 3 aliphatic rings. The van der Waals surface area contributed by atoms with Gasteiger partial charge in [0.25, 0.3) is 0 Å². The van der Waals surface area contributed by atoms with Crippen molar-refractivity contribution in [2.75, 3.05) is 0 Å². The van der Waals surface area contributed by atoms with Gasteiger partial charge in [0.15, 0.2) is 14.7 Å². The van der Waals surface area contributed by atoms with E-state index < -0.39 is 55.8 Å². The van der Waals surface area contributed by atoms with E-state index in [9.17, 15) is 27.4 Å². The molecular weight excluding hydrogens is 677 g/mol. The van der Waals surface area contributed by atoms with Gasteiger partial charge in [-0.1, -0.05) is 61.5 Å². The van der Waals surface area contributed by atoms with Crippen LogP contribution in [-0.4, -0.2) is 42.6 Å². The minimum Gasteiger partial charge on any atom is -0.744 e. The van der Waals surface area contributed by atoms with Crippen molar-refractivity contribution >= 4 is 38.9 Å². The Hall–Kier alpha value is -4.45. The summed E-state index contributed by atoms with van der Waals surface area (Å²) in [5, 5.41) is 0. The Morgan fingerprint density at radius 1 is 0.840 bits per heavy atom. The average molecular weight is 715 g/mol. The molecule has 11 heteroatoms. The largest absolute Gasteiger partial charge is 0.744 e. The van der Waals surface area contributed by atoms with Crippen molar-refractivity contribution in [1.29, 1.82) is 0 Å². The lowest BCUT2D eigenvalue weighted by atomic mass is 9.77. The van der Waals surface area contributed by atoms with E-state index in [0.29, 0.717) is 12.8 Å². The van der Waals surface area contributed by atoms with Crippen LogP contribution in [0.1, 0.15) is 40.0 Å². The Kier molecular flexibility index (Phi) is 9.94. The molecule has 0 N–H and O–H groups in total. The summed E-state index contributed by atoms with van der Waals surface area (Å²) in [4.78, 5) is 42.0. The Balaban J connectivity index is 0.000000194. The van der Waals surface area contributed by atoms with Gasteiger partial charge in [-0.2, -0.15) is 0 Å². The predicted octanol–water partition coefficient (Wildman–Crippen LogP) is 6.58. The van der Waals surface area contributed by atoms with Crippen LogP contribution < -0.4 is 4.74 Å². The van der Waals surface area contributed by atoms with Gasteiger partial charge in [0, 0.05) is 12.3 Å². The quantitative estimate of drug-likeness (QED) is 0.0816. The minimum absolute atomic E-state index is 0.0125. The van der Waals surface area contributed by atoms with E-state index >= 15 is 0 Å². The number of rotatable bonds is 9. The highest BCUT2D eigenvalue weighted by Gasteiger charge is 2.74. The summed E-state index contributed by atoms with van der Waals surface area (Å²) < 4.78 is 49.9. The van der Waals surface area contributed by atoms with Gasteiger partial charge < -0.3 is 18.8 Å². The molecule has 0 radical (unpaired) electrons. The molecule has 3 fully saturated rings. The van der Waals surface area contributed by atoms with Gasteiger partial charge in [-0.15, -0.1) is 0 Å². The van der Waals surface area contributed by atoms with Crippen LogP contribution in [0.25, 0.3) is 0 Å². The third-order valence-electron chi connectivity index (χ3n) is 9.79. The summed E-state index contributed by atoms with van der Waals surface area (Å²) in [6.45, 7) is 5.37. The second-order valence-corrected chi connectivity index (χ2v) is 16.7. The van der Waals surface area contributed by atoms with E-state index in [1.165, 1.54) is 26.8 Å². The van der Waals surface area contributed by atoms with Crippen molar-refractivity contribution in [3.05, 3.63) is 115 Å². The summed E-state index contributed by atoms with van der Waals surface area (Å²) in [5.41, 5.74) is -1.95. The lowest BCUT2D eigenvalue weighted by Gasteiger charge is -2.36. The third kappa shape index (κ3) is 7.08. The fraction of sp³-hybridized carbons (Fsp3) is 0.308. The second kappa shape index (κ2) is 14.0. The van der Waals surface area contributed by atoms with Crippen molar-refractivity contribution in [3.8, 4) is 5.75 Å². The van der Waals surface area contributed by atoms with E-state index in [4.69, 9.17) is 14.2 Å². The van der Waals surface area contributed by atoms with E-state index in [1.807, 2.05) is 6.92 Å². The fourth-order valence-electron chi connectivity index (χ4n) is 6.87. The van der Waals surface area contributed by atoms with Crippen LogP contribution in [0.3, 0.4) is 0 Å². The molecule has 0 amide bonds. The molecule has 5 atom stereocenters. The number of ether oxygens (including phenoxy) is 3. The number of hydrogen-bond acceptors (Lipinski definition) is 9. The number of esters is 3. The molecule has 4 aromatic rings. The second-order valence-electron chi connectivity index (χ2n) is 13.3. The summed E-state index contributed by atoms with van der Waals surface area (Å²) in [6.07, 6.45) is 0.726. The number of carbonyl (C=O) groups is 3. The number of hydrogen-bond donors (Lipinski definition) is 0. The molecule has 1 heterocycles. The molecule has 50 heavy (non-hydrogen) atoms. The van der Waals surface area contributed by atoms with Gasteiger partial charge in [-0.05, 0) is 87.4 Å². The Morgan fingerprint density at radius 2 is 1.34 bits per heavy atom. The average Bonchev–Trinajstić information content (AvgIpc) is 3.69. The Bertz CT molecular complexity index is 1850. The molecule has 9 nitrogen and oxygen atoms in total. The zero-order valence-corrected chi connectivity index (χ0v) is 29.5. The van der Waals surface area contributed by atoms with E-state index in [2.05, 4.69) is 91.0 Å². The number of carbonyl (C=O) groups excluding carboxylic acids is 3. The molecule has 0 spiro atoms. The highest BCUT2D eigenvalue weighted by atomic mass is 32.2. The van der Waals surface area contributed by atoms with Gasteiger partial charge in [0.2, 0.25) is 0 Å². The molecule has 7 rings (SSSR count). The first-order chi connectivity index (χ1) is 23.8. The zero-order valence-electron chi connectivity index (χ0n) is 27.9. The third-order valence-corrected chi connectivity index (χ3v) is 12.9. The molecule has 5 unspecified atom stereocenters. The molecule has 1 aliphatic heterocycles. The SMILES string of the molecule is CCC(C)(C)C(=O)OC12CC3OC(=O)C(C3C1)C2C(=O)Oc1ccc(S(=O)(=O)[O-])cc1.c1ccc([S+](c2ccccc2)c2ccccc2)cc1. The normalized spacial score (nSPS) is 23.5. The molecule has 2 saturated carbocycles. The monoisotopic (exact) mass is 714 g/mol. The van der Waals surface area contributed by atoms with E-state index in [0.717, 1.165) is 12.1 Å². The predicted molar refractivity (Wildman–Crippen MR) is 184 cm³/mol. The molecule has 2 bridgehead atoms. The molecular formula is C39H38O9S2. The van der Waals surface area contributed by atoms with Gasteiger partial charge in [0.1, 0.15) is 33.5 Å². The maximum Gasteiger partial charge on any atom is 0.319 e. The van der Waals surface area contributed by atoms with Crippen molar-refractivity contribution in [2.24, 2.45) is 23.2 Å². The van der Waals surface area contributed by atoms with Crippen LogP contribution >= 0.6 is 0 Å². The summed E-state index contributed by atoms with van der Waals surface area (Å²) in [6, 6.07) is 36.6. The maximum absolute atomic E-state index is 13.1. The summed E-state index contributed by atoms with van der Waals surface area (Å²) in [7, 11) is -4.65. The molecule has 2 aliphatic carbocycles. The van der Waals surface area contributed by atoms with E-state index in [-0.39, 0.29) is 35.1 Å². The standard InChI is InChI=1S/C21H24O9S.C18H15S/c1-4-20(2,3)19(24)30-21-9-13-14(10-21)29-17(22)15(13)16(21)18(23)28-11-5-7-12(8-6-11)31(25,26)27;1-4-10-16(11-5-1)19(17-12-6-2-7-13-17)18-14-8-3-9-15-18/h5-8,13-16H,4,9-10H2,1-3H3,(H,25,26,27);1-15H/q;+1/p-1. The van der Waals surface area contributed by atoms with Gasteiger partial charge in [0.05, 0.1) is 27.1 Å². The van der Waals surface area contributed by atoms with Crippen LogP contribution in [0.15, 0.2) is 135 Å². The molecule has 260 valence electrons. The van der Waals surface area contributed by atoms with Crippen molar-refractivity contribution in [1.82, 2.24) is 0 Å². The fourth-order valence-corrected chi connectivity index (χ4v) is 9.44. The lowest BCUT2D eigenvalue weighted by molar-refractivity contribution is -0.181. The topological polar surface area (TPSA) is 136 Å². The van der Waals surface area contributed by atoms with Crippen LogP contribution in [0.4, 0.5) is 0 Å². The Labute approximate surface area is 295 Å². The first-order valence-corrected chi connectivity index (χ1v) is 19.1. The minimum atomic E-state index is -4.63. The highest BCUT2D eigenvalue weighted by molar-refractivity contribution is 7.97. The molecule has 1 saturated heterocycles. The van der Waals surface area contributed by atoms with Crippen LogP contribution in [0.2, 0.25) is 0 Å². The molecule has 4 aromatic carbocycles. The van der Waals surface area contributed by atoms with E-state index in [1.54, 1.807) is 13.8 Å². The van der Waals surface area contributed by atoms with Crippen LogP contribution in [0.5, 0.6) is 5.75 Å². The Morgan fingerprint density at radius 3 is 1.80 bits per heavy atom. The zero-order chi connectivity index (χ0) is 35.7. The summed E-state index contributed by atoms with van der Waals surface area (Å²) >= 11 is 0. The van der Waals surface area contributed by atoms with Crippen molar-refractivity contribution in [2.45, 2.75) is 71.3 Å². The lowest BCUT2D eigenvalue weighted by Crippen LogP contribution is -2.49. The maximum atomic E-state index is 13.1. The van der Waals surface area contributed by atoms with Crippen LogP contribution in [-0.2, 0) is 44.9 Å². The van der Waals surface area contributed by atoms with Crippen molar-refractivity contribution < 1.29 is 41.6 Å². The number of fused-ring (bicyclic) bond motifs is 1. The van der Waals surface area contributed by atoms with Crippen LogP contribution in [0, 0.1) is 23.2 Å². The van der Waals surface area contributed by atoms with Crippen molar-refractivity contribution in [3.63, 3.8) is 0 Å².